The Morgan fingerprint density at radius 2 is 2.15 bits per heavy atom. The van der Waals surface area contributed by atoms with Gasteiger partial charge in [0.05, 0.1) is 35.2 Å². The number of anilines is 1. The van der Waals surface area contributed by atoms with Crippen LogP contribution in [0.2, 0.25) is 0 Å². The highest BCUT2D eigenvalue weighted by atomic mass is 32.1. The Kier molecular flexibility index (Phi) is 6.31. The summed E-state index contributed by atoms with van der Waals surface area (Å²) in [6.45, 7) is 4.99. The normalized spacial score (nSPS) is 12.1. The van der Waals surface area contributed by atoms with Gasteiger partial charge in [-0.05, 0) is 31.0 Å². The number of amides is 1. The monoisotopic (exact) mass is 385 g/mol. The van der Waals surface area contributed by atoms with Crippen LogP contribution in [0.25, 0.3) is 10.2 Å². The number of thiophene rings is 1. The number of rotatable bonds is 8. The standard InChI is InChI=1S/C19H23N5O2S/c1-4-13(10-26-3)24-18(25)16-12(2)15-17(22-11-23-19(15)27-16)21-9-14-7-5-6-8-20-14/h5-8,11,13H,4,9-10H2,1-3H3,(H,24,25)(H,21,22,23)/t13-/m0/s1. The molecule has 0 aliphatic heterocycles. The molecule has 0 spiro atoms. The van der Waals surface area contributed by atoms with Crippen LogP contribution in [0.1, 0.15) is 34.3 Å². The van der Waals surface area contributed by atoms with Gasteiger partial charge in [0.25, 0.3) is 5.91 Å². The van der Waals surface area contributed by atoms with Crippen molar-refractivity contribution >= 4 is 33.3 Å². The molecule has 0 aromatic carbocycles. The van der Waals surface area contributed by atoms with Gasteiger partial charge in [-0.15, -0.1) is 11.3 Å². The maximum atomic E-state index is 12.7. The minimum Gasteiger partial charge on any atom is -0.383 e. The summed E-state index contributed by atoms with van der Waals surface area (Å²) in [5, 5.41) is 7.22. The number of ether oxygens (including phenoxy) is 1. The zero-order valence-corrected chi connectivity index (χ0v) is 16.5. The number of nitrogens with zero attached hydrogens (tertiary/aromatic N) is 3. The molecule has 142 valence electrons. The maximum absolute atomic E-state index is 12.7. The van der Waals surface area contributed by atoms with E-state index in [1.165, 1.54) is 17.7 Å². The van der Waals surface area contributed by atoms with Gasteiger partial charge in [0, 0.05) is 13.3 Å². The molecule has 1 amide bonds. The number of hydrogen-bond acceptors (Lipinski definition) is 7. The molecule has 3 aromatic heterocycles. The Balaban J connectivity index is 1.85. The number of aryl methyl sites for hydroxylation is 1. The molecule has 0 saturated carbocycles. The van der Waals surface area contributed by atoms with Gasteiger partial charge < -0.3 is 15.4 Å². The molecule has 0 bridgehead atoms. The second-order valence-corrected chi connectivity index (χ2v) is 7.17. The Morgan fingerprint density at radius 3 is 2.85 bits per heavy atom. The molecule has 27 heavy (non-hydrogen) atoms. The molecule has 7 nitrogen and oxygen atoms in total. The van der Waals surface area contributed by atoms with E-state index < -0.39 is 0 Å². The predicted octanol–water partition coefficient (Wildman–Crippen LogP) is 3.16. The van der Waals surface area contributed by atoms with E-state index in [1.54, 1.807) is 13.3 Å². The molecule has 3 heterocycles. The fourth-order valence-corrected chi connectivity index (χ4v) is 3.86. The summed E-state index contributed by atoms with van der Waals surface area (Å²) in [7, 11) is 1.63. The number of hydrogen-bond donors (Lipinski definition) is 2. The third-order valence-corrected chi connectivity index (χ3v) is 5.49. The minimum atomic E-state index is -0.102. The van der Waals surface area contributed by atoms with Crippen LogP contribution in [0.5, 0.6) is 0 Å². The van der Waals surface area contributed by atoms with Gasteiger partial charge in [-0.25, -0.2) is 9.97 Å². The zero-order valence-electron chi connectivity index (χ0n) is 15.7. The van der Waals surface area contributed by atoms with Gasteiger partial charge in [0.2, 0.25) is 0 Å². The SMILES string of the molecule is CC[C@@H](COC)NC(=O)c1sc2ncnc(NCc3ccccn3)c2c1C. The van der Waals surface area contributed by atoms with Crippen molar-refractivity contribution in [2.75, 3.05) is 19.0 Å². The Bertz CT molecular complexity index is 913. The van der Waals surface area contributed by atoms with Gasteiger partial charge in [-0.1, -0.05) is 13.0 Å². The van der Waals surface area contributed by atoms with E-state index in [9.17, 15) is 4.79 Å². The van der Waals surface area contributed by atoms with Crippen LogP contribution in [-0.2, 0) is 11.3 Å². The van der Waals surface area contributed by atoms with Gasteiger partial charge >= 0.3 is 0 Å². The number of pyridine rings is 1. The van der Waals surface area contributed by atoms with E-state index in [0.717, 1.165) is 27.9 Å². The van der Waals surface area contributed by atoms with Crippen molar-refractivity contribution in [3.05, 3.63) is 46.9 Å². The van der Waals surface area contributed by atoms with Crippen LogP contribution in [0.4, 0.5) is 5.82 Å². The van der Waals surface area contributed by atoms with Crippen molar-refractivity contribution in [3.8, 4) is 0 Å². The highest BCUT2D eigenvalue weighted by Gasteiger charge is 2.21. The third-order valence-electron chi connectivity index (χ3n) is 4.29. The molecule has 2 N–H and O–H groups in total. The lowest BCUT2D eigenvalue weighted by Gasteiger charge is -2.15. The first-order valence-electron chi connectivity index (χ1n) is 8.81. The predicted molar refractivity (Wildman–Crippen MR) is 107 cm³/mol. The summed E-state index contributed by atoms with van der Waals surface area (Å²) in [6.07, 6.45) is 4.08. The van der Waals surface area contributed by atoms with Crippen molar-refractivity contribution in [2.24, 2.45) is 0 Å². The van der Waals surface area contributed by atoms with Crippen molar-refractivity contribution in [1.82, 2.24) is 20.3 Å². The van der Waals surface area contributed by atoms with E-state index in [0.29, 0.717) is 23.8 Å². The Labute approximate surface area is 162 Å². The average Bonchev–Trinajstić information content (AvgIpc) is 3.04. The highest BCUT2D eigenvalue weighted by molar-refractivity contribution is 7.20. The number of carbonyl (C=O) groups excluding carboxylic acids is 1. The maximum Gasteiger partial charge on any atom is 0.262 e. The van der Waals surface area contributed by atoms with Crippen LogP contribution >= 0.6 is 11.3 Å². The van der Waals surface area contributed by atoms with Gasteiger partial charge in [-0.3, -0.25) is 9.78 Å². The van der Waals surface area contributed by atoms with Crippen LogP contribution in [-0.4, -0.2) is 40.6 Å². The first-order chi connectivity index (χ1) is 13.1. The zero-order chi connectivity index (χ0) is 19.2. The summed E-state index contributed by atoms with van der Waals surface area (Å²) in [4.78, 5) is 27.2. The van der Waals surface area contributed by atoms with Gasteiger partial charge in [0.1, 0.15) is 17.0 Å². The first-order valence-corrected chi connectivity index (χ1v) is 9.63. The summed E-state index contributed by atoms with van der Waals surface area (Å²) in [6, 6.07) is 5.76. The van der Waals surface area contributed by atoms with E-state index in [1.807, 2.05) is 32.0 Å². The van der Waals surface area contributed by atoms with E-state index in [4.69, 9.17) is 4.74 Å². The molecule has 3 rings (SSSR count). The van der Waals surface area contributed by atoms with Crippen LogP contribution in [0, 0.1) is 6.92 Å². The lowest BCUT2D eigenvalue weighted by atomic mass is 10.1. The molecule has 0 saturated heterocycles. The molecule has 8 heteroatoms. The van der Waals surface area contributed by atoms with Gasteiger partial charge in [-0.2, -0.15) is 0 Å². The fraction of sp³-hybridized carbons (Fsp3) is 0.368. The Morgan fingerprint density at radius 1 is 1.30 bits per heavy atom. The average molecular weight is 385 g/mol. The van der Waals surface area contributed by atoms with E-state index in [-0.39, 0.29) is 11.9 Å². The first kappa shape index (κ1) is 19.2. The molecule has 3 aromatic rings. The molecule has 0 aliphatic rings. The van der Waals surface area contributed by atoms with E-state index in [2.05, 4.69) is 25.6 Å². The fourth-order valence-electron chi connectivity index (χ4n) is 2.81. The highest BCUT2D eigenvalue weighted by Crippen LogP contribution is 2.33. The van der Waals surface area contributed by atoms with Crippen molar-refractivity contribution < 1.29 is 9.53 Å². The van der Waals surface area contributed by atoms with E-state index >= 15 is 0 Å². The third kappa shape index (κ3) is 4.40. The number of aromatic nitrogens is 3. The molecular weight excluding hydrogens is 362 g/mol. The summed E-state index contributed by atoms with van der Waals surface area (Å²) in [5.74, 6) is 0.609. The lowest BCUT2D eigenvalue weighted by Crippen LogP contribution is -2.37. The van der Waals surface area contributed by atoms with Crippen LogP contribution < -0.4 is 10.6 Å². The number of methoxy groups -OCH3 is 1. The smallest absolute Gasteiger partial charge is 0.262 e. The van der Waals surface area contributed by atoms with Crippen molar-refractivity contribution in [2.45, 2.75) is 32.9 Å². The molecule has 0 radical (unpaired) electrons. The quantitative estimate of drug-likeness (QED) is 0.619. The van der Waals surface area contributed by atoms with Crippen LogP contribution in [0.15, 0.2) is 30.7 Å². The summed E-state index contributed by atoms with van der Waals surface area (Å²) >= 11 is 1.38. The number of fused-ring (bicyclic) bond motifs is 1. The largest absolute Gasteiger partial charge is 0.383 e. The number of nitrogens with one attached hydrogen (secondary N) is 2. The lowest BCUT2D eigenvalue weighted by molar-refractivity contribution is 0.0898. The van der Waals surface area contributed by atoms with Gasteiger partial charge in [0.15, 0.2) is 0 Å². The number of carbonyl (C=O) groups is 1. The Hall–Kier alpha value is -2.58. The molecular formula is C19H23N5O2S. The minimum absolute atomic E-state index is 0.0139. The topological polar surface area (TPSA) is 89.0 Å². The molecule has 0 aliphatic carbocycles. The second-order valence-electron chi connectivity index (χ2n) is 6.17. The second kappa shape index (κ2) is 8.88. The molecule has 0 fully saturated rings. The molecule has 1 atom stereocenters. The summed E-state index contributed by atoms with van der Waals surface area (Å²) in [5.41, 5.74) is 1.80. The summed E-state index contributed by atoms with van der Waals surface area (Å²) < 4.78 is 5.16. The van der Waals surface area contributed by atoms with Crippen molar-refractivity contribution in [1.29, 1.82) is 0 Å². The van der Waals surface area contributed by atoms with Crippen molar-refractivity contribution in [3.63, 3.8) is 0 Å². The molecule has 0 unspecified atom stereocenters. The van der Waals surface area contributed by atoms with Crippen LogP contribution in [0.3, 0.4) is 0 Å².